The van der Waals surface area contributed by atoms with Crippen LogP contribution in [0.1, 0.15) is 31.8 Å². The van der Waals surface area contributed by atoms with E-state index in [1.807, 2.05) is 0 Å². The zero-order valence-corrected chi connectivity index (χ0v) is 22.3. The second-order valence-corrected chi connectivity index (χ2v) is 9.99. The number of imide groups is 1. The molecule has 0 aromatic heterocycles. The Morgan fingerprint density at radius 1 is 0.690 bits per heavy atom. The van der Waals surface area contributed by atoms with Crippen LogP contribution in [0.4, 0.5) is 0 Å². The maximum absolute atomic E-state index is 13.4. The Morgan fingerprint density at radius 2 is 1.26 bits per heavy atom. The van der Waals surface area contributed by atoms with Gasteiger partial charge in [-0.3, -0.25) is 24.1 Å². The van der Waals surface area contributed by atoms with Crippen LogP contribution in [0.2, 0.25) is 0 Å². The van der Waals surface area contributed by atoms with Gasteiger partial charge in [-0.2, -0.15) is 0 Å². The van der Waals surface area contributed by atoms with Gasteiger partial charge in [0.05, 0.1) is 0 Å². The Bertz CT molecular complexity index is 1640. The molecule has 1 aliphatic rings. The average Bonchev–Trinajstić information content (AvgIpc) is 2.98. The third-order valence-electron chi connectivity index (χ3n) is 7.08. The van der Waals surface area contributed by atoms with Gasteiger partial charge in [-0.25, -0.2) is 4.79 Å². The van der Waals surface area contributed by atoms with Crippen molar-refractivity contribution in [3.63, 3.8) is 0 Å². The number of carboxylic acid groups (broad SMARTS) is 1. The number of phenolic OH excluding ortho intramolecular Hbond substituents is 1. The second-order valence-electron chi connectivity index (χ2n) is 9.99. The lowest BCUT2D eigenvalue weighted by Crippen LogP contribution is -2.55. The molecule has 4 aromatic rings. The molecular weight excluding hydrogens is 538 g/mol. The molecule has 1 heterocycles. The second kappa shape index (κ2) is 11.9. The first-order chi connectivity index (χ1) is 20.2. The first-order valence-electron chi connectivity index (χ1n) is 13.2. The molecule has 0 saturated heterocycles. The number of carbonyl (C=O) groups is 5. The molecule has 1 aliphatic heterocycles. The maximum Gasteiger partial charge on any atom is 0.326 e. The minimum Gasteiger partial charge on any atom is -0.508 e. The highest BCUT2D eigenvalue weighted by Gasteiger charge is 2.35. The van der Waals surface area contributed by atoms with Crippen LogP contribution in [0.15, 0.2) is 91.0 Å². The topological polar surface area (TPSA) is 153 Å². The fraction of sp³-hybridized carbons (Fsp3) is 0.156. The van der Waals surface area contributed by atoms with Crippen molar-refractivity contribution in [1.29, 1.82) is 0 Å². The van der Waals surface area contributed by atoms with E-state index in [0.717, 1.165) is 10.3 Å². The van der Waals surface area contributed by atoms with Crippen LogP contribution in [0.5, 0.6) is 5.75 Å². The van der Waals surface area contributed by atoms with E-state index >= 15 is 0 Å². The summed E-state index contributed by atoms with van der Waals surface area (Å²) in [6.45, 7) is -0.645. The van der Waals surface area contributed by atoms with Crippen molar-refractivity contribution >= 4 is 40.4 Å². The summed E-state index contributed by atoms with van der Waals surface area (Å²) >= 11 is 0. The quantitative estimate of drug-likeness (QED) is 0.216. The fourth-order valence-electron chi connectivity index (χ4n) is 5.01. The van der Waals surface area contributed by atoms with Crippen LogP contribution in [-0.2, 0) is 27.2 Å². The molecule has 10 nitrogen and oxygen atoms in total. The molecule has 42 heavy (non-hydrogen) atoms. The van der Waals surface area contributed by atoms with Gasteiger partial charge in [0, 0.05) is 29.4 Å². The van der Waals surface area contributed by atoms with Crippen LogP contribution in [0.25, 0.3) is 10.8 Å². The van der Waals surface area contributed by atoms with E-state index in [9.17, 15) is 34.2 Å². The molecule has 10 heteroatoms. The summed E-state index contributed by atoms with van der Waals surface area (Å²) in [5.74, 6) is -4.04. The number of carbonyl (C=O) groups excluding carboxylic acids is 4. The molecule has 0 bridgehead atoms. The van der Waals surface area contributed by atoms with Crippen molar-refractivity contribution < 1.29 is 34.2 Å². The van der Waals surface area contributed by atoms with Gasteiger partial charge < -0.3 is 20.8 Å². The van der Waals surface area contributed by atoms with E-state index < -0.39 is 48.2 Å². The zero-order chi connectivity index (χ0) is 29.8. The van der Waals surface area contributed by atoms with Crippen LogP contribution < -0.4 is 10.6 Å². The van der Waals surface area contributed by atoms with Gasteiger partial charge >= 0.3 is 5.97 Å². The van der Waals surface area contributed by atoms with E-state index in [0.29, 0.717) is 27.6 Å². The van der Waals surface area contributed by atoms with Crippen molar-refractivity contribution in [2.45, 2.75) is 24.9 Å². The van der Waals surface area contributed by atoms with Gasteiger partial charge in [-0.05, 0) is 40.8 Å². The van der Waals surface area contributed by atoms with Gasteiger partial charge in [0.2, 0.25) is 11.8 Å². The monoisotopic (exact) mass is 565 g/mol. The summed E-state index contributed by atoms with van der Waals surface area (Å²) in [4.78, 5) is 65.9. The third-order valence-corrected chi connectivity index (χ3v) is 7.08. The summed E-state index contributed by atoms with van der Waals surface area (Å²) < 4.78 is 0. The molecule has 0 aliphatic carbocycles. The van der Waals surface area contributed by atoms with Gasteiger partial charge in [-0.15, -0.1) is 0 Å². The predicted molar refractivity (Wildman–Crippen MR) is 153 cm³/mol. The highest BCUT2D eigenvalue weighted by Crippen LogP contribution is 2.29. The van der Waals surface area contributed by atoms with Crippen LogP contribution in [0.3, 0.4) is 0 Å². The van der Waals surface area contributed by atoms with Crippen molar-refractivity contribution in [2.24, 2.45) is 0 Å². The Balaban J connectivity index is 1.35. The molecule has 0 fully saturated rings. The summed E-state index contributed by atoms with van der Waals surface area (Å²) in [6.07, 6.45) is -0.0247. The summed E-state index contributed by atoms with van der Waals surface area (Å²) in [5.41, 5.74) is 1.86. The molecule has 2 atom stereocenters. The lowest BCUT2D eigenvalue weighted by Gasteiger charge is -2.28. The number of hydrogen-bond donors (Lipinski definition) is 4. The molecule has 0 radical (unpaired) electrons. The van der Waals surface area contributed by atoms with Gasteiger partial charge in [0.25, 0.3) is 11.8 Å². The van der Waals surface area contributed by atoms with E-state index in [1.54, 1.807) is 78.9 Å². The number of nitrogens with one attached hydrogen (secondary N) is 2. The Morgan fingerprint density at radius 3 is 1.86 bits per heavy atom. The van der Waals surface area contributed by atoms with E-state index in [-0.39, 0.29) is 18.6 Å². The lowest BCUT2D eigenvalue weighted by atomic mass is 9.94. The Labute approximate surface area is 240 Å². The number of benzene rings is 4. The number of hydrogen-bond acceptors (Lipinski definition) is 6. The summed E-state index contributed by atoms with van der Waals surface area (Å²) in [6, 6.07) is 22.4. The largest absolute Gasteiger partial charge is 0.508 e. The minimum absolute atomic E-state index is 0.00927. The van der Waals surface area contributed by atoms with E-state index in [2.05, 4.69) is 10.6 Å². The maximum atomic E-state index is 13.4. The smallest absolute Gasteiger partial charge is 0.326 e. The third kappa shape index (κ3) is 5.97. The van der Waals surface area contributed by atoms with Crippen LogP contribution in [0, 0.1) is 0 Å². The standard InChI is InChI=1S/C32H27N3O7/c36-22-14-12-20(13-15-22)16-25(29(38)34-26(32(41)42)17-19-6-2-1-3-7-19)33-27(37)18-35-30(39)23-10-4-8-21-9-5-11-24(28(21)23)31(35)40/h1-15,25-26,36H,16-18H2,(H,33,37)(H,34,38)(H,41,42). The molecule has 2 unspecified atom stereocenters. The van der Waals surface area contributed by atoms with Crippen molar-refractivity contribution in [1.82, 2.24) is 15.5 Å². The number of rotatable bonds is 10. The number of nitrogens with zero attached hydrogens (tertiary/aromatic N) is 1. The average molecular weight is 566 g/mol. The number of aliphatic carboxylic acids is 1. The van der Waals surface area contributed by atoms with Crippen molar-refractivity contribution in [3.05, 3.63) is 113 Å². The summed E-state index contributed by atoms with van der Waals surface area (Å²) in [7, 11) is 0. The van der Waals surface area contributed by atoms with Gasteiger partial charge in [-0.1, -0.05) is 66.7 Å². The Hall–Kier alpha value is -5.51. The normalized spacial score (nSPS) is 13.9. The molecule has 0 spiro atoms. The van der Waals surface area contributed by atoms with E-state index in [4.69, 9.17) is 0 Å². The fourth-order valence-corrected chi connectivity index (χ4v) is 5.01. The number of phenols is 1. The highest BCUT2D eigenvalue weighted by atomic mass is 16.4. The minimum atomic E-state index is -1.28. The number of carboxylic acids is 1. The molecule has 0 saturated carbocycles. The van der Waals surface area contributed by atoms with E-state index in [1.165, 1.54) is 12.1 Å². The molecule has 4 N–H and O–H groups in total. The summed E-state index contributed by atoms with van der Waals surface area (Å²) in [5, 5.41) is 25.7. The van der Waals surface area contributed by atoms with Crippen LogP contribution in [-0.4, -0.2) is 63.3 Å². The van der Waals surface area contributed by atoms with Crippen LogP contribution >= 0.6 is 0 Å². The van der Waals surface area contributed by atoms with Crippen molar-refractivity contribution in [3.8, 4) is 5.75 Å². The lowest BCUT2D eigenvalue weighted by molar-refractivity contribution is -0.142. The molecule has 5 rings (SSSR count). The highest BCUT2D eigenvalue weighted by molar-refractivity contribution is 6.26. The number of aromatic hydroxyl groups is 1. The molecular formula is C32H27N3O7. The first kappa shape index (κ1) is 28.0. The number of amides is 4. The van der Waals surface area contributed by atoms with Crippen molar-refractivity contribution in [2.75, 3.05) is 6.54 Å². The van der Waals surface area contributed by atoms with Gasteiger partial charge in [0.1, 0.15) is 24.4 Å². The SMILES string of the molecule is O=C(CN1C(=O)c2cccc3cccc(c23)C1=O)NC(Cc1ccc(O)cc1)C(=O)NC(Cc1ccccc1)C(=O)O. The molecule has 4 aromatic carbocycles. The first-order valence-corrected chi connectivity index (χ1v) is 13.2. The zero-order valence-electron chi connectivity index (χ0n) is 22.3. The Kier molecular flexibility index (Phi) is 7.96. The van der Waals surface area contributed by atoms with Gasteiger partial charge in [0.15, 0.2) is 0 Å². The predicted octanol–water partition coefficient (Wildman–Crippen LogP) is 2.68. The molecule has 4 amide bonds. The molecule has 212 valence electrons.